The molecule has 0 fully saturated rings. The van der Waals surface area contributed by atoms with E-state index in [1.807, 2.05) is 0 Å². The molecule has 0 saturated carbocycles. The minimum atomic E-state index is -0.541. The molecule has 0 heterocycles. The van der Waals surface area contributed by atoms with Crippen molar-refractivity contribution >= 4 is 5.91 Å². The van der Waals surface area contributed by atoms with Gasteiger partial charge in [-0.25, -0.2) is 4.39 Å². The summed E-state index contributed by atoms with van der Waals surface area (Å²) in [5.41, 5.74) is 0.769. The fraction of sp³-hybridized carbons (Fsp3) is 0.300. The van der Waals surface area contributed by atoms with E-state index in [2.05, 4.69) is 5.32 Å². The van der Waals surface area contributed by atoms with Crippen LogP contribution in [0.2, 0.25) is 0 Å². The monoisotopic (exact) mass is 197 g/mol. The quantitative estimate of drug-likeness (QED) is 0.755. The van der Waals surface area contributed by atoms with E-state index in [9.17, 15) is 9.18 Å². The maximum absolute atomic E-state index is 13.2. The highest BCUT2D eigenvalue weighted by Crippen LogP contribution is 2.09. The van der Waals surface area contributed by atoms with Crippen molar-refractivity contribution in [3.8, 4) is 0 Å². The van der Waals surface area contributed by atoms with Gasteiger partial charge in [0.05, 0.1) is 12.2 Å². The molecule has 0 radical (unpaired) electrons. The molecule has 0 saturated heterocycles. The van der Waals surface area contributed by atoms with Gasteiger partial charge in [-0.05, 0) is 24.6 Å². The Labute approximate surface area is 81.6 Å². The van der Waals surface area contributed by atoms with Crippen LogP contribution in [0.3, 0.4) is 0 Å². The van der Waals surface area contributed by atoms with Crippen LogP contribution in [0, 0.1) is 12.7 Å². The molecule has 0 aliphatic heterocycles. The highest BCUT2D eigenvalue weighted by molar-refractivity contribution is 5.94. The Bertz CT molecular complexity index is 339. The lowest BCUT2D eigenvalue weighted by atomic mass is 10.1. The number of hydrogen-bond acceptors (Lipinski definition) is 2. The summed E-state index contributed by atoms with van der Waals surface area (Å²) >= 11 is 0. The number of aliphatic hydroxyl groups is 1. The maximum atomic E-state index is 13.2. The van der Waals surface area contributed by atoms with Gasteiger partial charge in [0, 0.05) is 6.54 Å². The third kappa shape index (κ3) is 2.53. The van der Waals surface area contributed by atoms with Crippen LogP contribution in [0.4, 0.5) is 4.39 Å². The smallest absolute Gasteiger partial charge is 0.254 e. The van der Waals surface area contributed by atoms with Gasteiger partial charge in [0.1, 0.15) is 5.82 Å². The van der Waals surface area contributed by atoms with Crippen LogP contribution >= 0.6 is 0 Å². The van der Waals surface area contributed by atoms with Crippen molar-refractivity contribution in [2.75, 3.05) is 13.2 Å². The largest absolute Gasteiger partial charge is 0.395 e. The lowest BCUT2D eigenvalue weighted by molar-refractivity contribution is 0.0940. The topological polar surface area (TPSA) is 49.3 Å². The molecule has 0 aromatic heterocycles. The van der Waals surface area contributed by atoms with Gasteiger partial charge >= 0.3 is 0 Å². The third-order valence-corrected chi connectivity index (χ3v) is 1.77. The van der Waals surface area contributed by atoms with Crippen LogP contribution in [0.5, 0.6) is 0 Å². The number of rotatable bonds is 3. The van der Waals surface area contributed by atoms with E-state index < -0.39 is 11.7 Å². The van der Waals surface area contributed by atoms with E-state index >= 15 is 0 Å². The number of amides is 1. The molecule has 0 aliphatic rings. The summed E-state index contributed by atoms with van der Waals surface area (Å²) in [4.78, 5) is 11.3. The molecule has 0 bridgehead atoms. The van der Waals surface area contributed by atoms with Crippen molar-refractivity contribution in [3.63, 3.8) is 0 Å². The lowest BCUT2D eigenvalue weighted by Crippen LogP contribution is -2.27. The van der Waals surface area contributed by atoms with Gasteiger partial charge in [0.2, 0.25) is 0 Å². The second-order valence-electron chi connectivity index (χ2n) is 2.96. The van der Waals surface area contributed by atoms with Crippen LogP contribution in [0.1, 0.15) is 15.9 Å². The first-order valence-corrected chi connectivity index (χ1v) is 4.30. The van der Waals surface area contributed by atoms with Crippen molar-refractivity contribution in [1.82, 2.24) is 5.32 Å². The molecule has 76 valence electrons. The van der Waals surface area contributed by atoms with Gasteiger partial charge in [-0.15, -0.1) is 0 Å². The second-order valence-corrected chi connectivity index (χ2v) is 2.96. The fourth-order valence-corrected chi connectivity index (χ4v) is 1.07. The van der Waals surface area contributed by atoms with Crippen LogP contribution in [-0.2, 0) is 0 Å². The standard InChI is InChI=1S/C10H12FNO2/c1-7-2-3-8(9(11)6-7)10(14)12-4-5-13/h2-3,6,13H,4-5H2,1H3,(H,12,14). The first-order valence-electron chi connectivity index (χ1n) is 4.30. The molecule has 0 atom stereocenters. The predicted octanol–water partition coefficient (Wildman–Crippen LogP) is 0.856. The van der Waals surface area contributed by atoms with Gasteiger partial charge in [-0.3, -0.25) is 4.79 Å². The summed E-state index contributed by atoms with van der Waals surface area (Å²) in [5.74, 6) is -1.04. The Kier molecular flexibility index (Phi) is 3.59. The van der Waals surface area contributed by atoms with Crippen molar-refractivity contribution in [2.45, 2.75) is 6.92 Å². The minimum Gasteiger partial charge on any atom is -0.395 e. The molecule has 1 rings (SSSR count). The SMILES string of the molecule is Cc1ccc(C(=O)NCCO)c(F)c1. The Morgan fingerprint density at radius 2 is 2.29 bits per heavy atom. The number of aryl methyl sites for hydroxylation is 1. The molecule has 0 unspecified atom stereocenters. The van der Waals surface area contributed by atoms with E-state index in [1.165, 1.54) is 12.1 Å². The number of aliphatic hydroxyl groups excluding tert-OH is 1. The number of nitrogens with one attached hydrogen (secondary N) is 1. The van der Waals surface area contributed by atoms with E-state index in [1.54, 1.807) is 13.0 Å². The zero-order valence-electron chi connectivity index (χ0n) is 7.88. The summed E-state index contributed by atoms with van der Waals surface area (Å²) in [6.45, 7) is 1.73. The van der Waals surface area contributed by atoms with E-state index in [4.69, 9.17) is 5.11 Å². The van der Waals surface area contributed by atoms with Crippen LogP contribution in [-0.4, -0.2) is 24.2 Å². The van der Waals surface area contributed by atoms with E-state index in [0.717, 1.165) is 5.56 Å². The van der Waals surface area contributed by atoms with Gasteiger partial charge < -0.3 is 10.4 Å². The second kappa shape index (κ2) is 4.72. The van der Waals surface area contributed by atoms with Gasteiger partial charge in [0.25, 0.3) is 5.91 Å². The van der Waals surface area contributed by atoms with Gasteiger partial charge in [0.15, 0.2) is 0 Å². The zero-order chi connectivity index (χ0) is 10.6. The molecule has 4 heteroatoms. The Morgan fingerprint density at radius 1 is 1.57 bits per heavy atom. The summed E-state index contributed by atoms with van der Waals surface area (Å²) < 4.78 is 13.2. The molecule has 0 aliphatic carbocycles. The molecule has 14 heavy (non-hydrogen) atoms. The van der Waals surface area contributed by atoms with Crippen LogP contribution in [0.15, 0.2) is 18.2 Å². The summed E-state index contributed by atoms with van der Waals surface area (Å²) in [6, 6.07) is 4.39. The number of carbonyl (C=O) groups is 1. The Hall–Kier alpha value is -1.42. The lowest BCUT2D eigenvalue weighted by Gasteiger charge is -2.04. The Morgan fingerprint density at radius 3 is 2.86 bits per heavy atom. The maximum Gasteiger partial charge on any atom is 0.254 e. The average molecular weight is 197 g/mol. The highest BCUT2D eigenvalue weighted by atomic mass is 19.1. The summed E-state index contributed by atoms with van der Waals surface area (Å²) in [6.07, 6.45) is 0. The molecule has 3 nitrogen and oxygen atoms in total. The van der Waals surface area contributed by atoms with Gasteiger partial charge in [-0.2, -0.15) is 0 Å². The van der Waals surface area contributed by atoms with Crippen molar-refractivity contribution in [2.24, 2.45) is 0 Å². The molecule has 1 amide bonds. The first kappa shape index (κ1) is 10.7. The zero-order valence-corrected chi connectivity index (χ0v) is 7.88. The average Bonchev–Trinajstić information content (AvgIpc) is 2.14. The summed E-state index contributed by atoms with van der Waals surface area (Å²) in [5, 5.41) is 10.8. The van der Waals surface area contributed by atoms with Crippen molar-refractivity contribution in [3.05, 3.63) is 35.1 Å². The molecule has 2 N–H and O–H groups in total. The number of benzene rings is 1. The molecule has 1 aromatic carbocycles. The number of halogens is 1. The van der Waals surface area contributed by atoms with E-state index in [0.29, 0.717) is 0 Å². The van der Waals surface area contributed by atoms with Crippen molar-refractivity contribution < 1.29 is 14.3 Å². The van der Waals surface area contributed by atoms with E-state index in [-0.39, 0.29) is 18.7 Å². The Balaban J connectivity index is 2.80. The number of hydrogen-bond donors (Lipinski definition) is 2. The normalized spacial score (nSPS) is 9.93. The summed E-state index contributed by atoms with van der Waals surface area (Å²) in [7, 11) is 0. The van der Waals surface area contributed by atoms with Crippen LogP contribution < -0.4 is 5.32 Å². The first-order chi connectivity index (χ1) is 6.65. The van der Waals surface area contributed by atoms with Crippen LogP contribution in [0.25, 0.3) is 0 Å². The third-order valence-electron chi connectivity index (χ3n) is 1.77. The molecular weight excluding hydrogens is 185 g/mol. The highest BCUT2D eigenvalue weighted by Gasteiger charge is 2.10. The van der Waals surface area contributed by atoms with Crippen molar-refractivity contribution in [1.29, 1.82) is 0 Å². The molecule has 1 aromatic rings. The fourth-order valence-electron chi connectivity index (χ4n) is 1.07. The minimum absolute atomic E-state index is 0.00375. The van der Waals surface area contributed by atoms with Gasteiger partial charge in [-0.1, -0.05) is 6.07 Å². The molecule has 0 spiro atoms. The number of carbonyl (C=O) groups excluding carboxylic acids is 1. The predicted molar refractivity (Wildman–Crippen MR) is 50.6 cm³/mol. The molecular formula is C10H12FNO2.